The number of carbonyl (C=O) groups excluding carboxylic acids is 3. The van der Waals surface area contributed by atoms with Crippen molar-refractivity contribution < 1.29 is 14.4 Å². The number of Topliss-reactive ketones (excluding diaryl/α,β-unsaturated/α-hetero) is 1. The van der Waals surface area contributed by atoms with Gasteiger partial charge >= 0.3 is 0 Å². The van der Waals surface area contributed by atoms with Gasteiger partial charge in [-0.1, -0.05) is 6.58 Å². The van der Waals surface area contributed by atoms with Gasteiger partial charge in [-0.05, 0) is 26.8 Å². The molecule has 1 rings (SSSR count). The van der Waals surface area contributed by atoms with Crippen LogP contribution in [0.15, 0.2) is 12.7 Å². The number of nitrogen functional groups attached to an aromatic ring is 3. The Morgan fingerprint density at radius 1 is 1.09 bits per heavy atom. The van der Waals surface area contributed by atoms with Crippen LogP contribution < -0.4 is 22.5 Å². The van der Waals surface area contributed by atoms with Gasteiger partial charge in [0.25, 0.3) is 0 Å². The van der Waals surface area contributed by atoms with Crippen LogP contribution >= 0.6 is 0 Å². The third kappa shape index (κ3) is 12.4. The predicted molar refractivity (Wildman–Crippen MR) is 87.9 cm³/mol. The Labute approximate surface area is 134 Å². The number of nitrogens with one attached hydrogen (secondary N) is 1. The highest BCUT2D eigenvalue weighted by Gasteiger charge is 2.20. The van der Waals surface area contributed by atoms with Crippen LogP contribution in [0.2, 0.25) is 0 Å². The zero-order chi connectivity index (χ0) is 18.6. The molecule has 0 spiro atoms. The molecule has 0 aliphatic rings. The number of anilines is 3. The first kappa shape index (κ1) is 22.2. The van der Waals surface area contributed by atoms with Crippen LogP contribution in [0.4, 0.5) is 17.8 Å². The van der Waals surface area contributed by atoms with Crippen molar-refractivity contribution in [1.82, 2.24) is 20.3 Å². The number of aromatic nitrogens is 3. The van der Waals surface area contributed by atoms with Crippen LogP contribution in [0.25, 0.3) is 0 Å². The third-order valence-electron chi connectivity index (χ3n) is 2.03. The number of rotatable bonds is 4. The largest absolute Gasteiger partial charge is 0.368 e. The van der Waals surface area contributed by atoms with E-state index in [1.54, 1.807) is 13.8 Å². The van der Waals surface area contributed by atoms with Crippen LogP contribution in [0.3, 0.4) is 0 Å². The van der Waals surface area contributed by atoms with E-state index >= 15 is 0 Å². The second-order valence-corrected chi connectivity index (χ2v) is 4.87. The molecule has 0 bridgehead atoms. The second kappa shape index (κ2) is 10.7. The lowest BCUT2D eigenvalue weighted by atomic mass is 9.98. The minimum absolute atomic E-state index is 0.0417. The molecule has 1 aromatic rings. The molecule has 0 aromatic carbocycles. The highest BCUT2D eigenvalue weighted by molar-refractivity contribution is 5.88. The van der Waals surface area contributed by atoms with Crippen LogP contribution in [-0.2, 0) is 14.4 Å². The van der Waals surface area contributed by atoms with Crippen LogP contribution in [0.1, 0.15) is 27.2 Å². The van der Waals surface area contributed by atoms with Crippen molar-refractivity contribution in [2.75, 3.05) is 17.2 Å². The Balaban J connectivity index is 0. The molecule has 1 heterocycles. The maximum absolute atomic E-state index is 10.9. The summed E-state index contributed by atoms with van der Waals surface area (Å²) in [4.78, 5) is 40.1. The standard InChI is InChI=1S/C9H15NO2.C3H6N6.CH2O/c1-5-8(12)10-9(3,4)6-7(2)11;4-1-7-2(5)9-3(6)8-1;1-2/h5H,1,6H2,2-4H3,(H,10,12);(H6,4,5,6,7,8,9);1H2. The van der Waals surface area contributed by atoms with Crippen LogP contribution in [0.5, 0.6) is 0 Å². The molecule has 1 amide bonds. The summed E-state index contributed by atoms with van der Waals surface area (Å²) in [6, 6.07) is 0. The molecule has 23 heavy (non-hydrogen) atoms. The average molecular weight is 325 g/mol. The van der Waals surface area contributed by atoms with Crippen molar-refractivity contribution >= 4 is 36.3 Å². The van der Waals surface area contributed by atoms with E-state index in [2.05, 4.69) is 26.8 Å². The highest BCUT2D eigenvalue weighted by Crippen LogP contribution is 2.08. The molecule has 0 fully saturated rings. The molecule has 0 saturated heterocycles. The Morgan fingerprint density at radius 3 is 1.70 bits per heavy atom. The number of nitrogens with two attached hydrogens (primary N) is 3. The highest BCUT2D eigenvalue weighted by atomic mass is 16.1. The van der Waals surface area contributed by atoms with E-state index in [-0.39, 0.29) is 29.5 Å². The van der Waals surface area contributed by atoms with Gasteiger partial charge in [0.1, 0.15) is 12.6 Å². The molecule has 0 unspecified atom stereocenters. The molecule has 0 aliphatic carbocycles. The molecule has 128 valence electrons. The van der Waals surface area contributed by atoms with Gasteiger partial charge in [-0.2, -0.15) is 15.0 Å². The quantitative estimate of drug-likeness (QED) is 0.529. The average Bonchev–Trinajstić information content (AvgIpc) is 2.37. The van der Waals surface area contributed by atoms with Crippen molar-refractivity contribution in [2.45, 2.75) is 32.7 Å². The van der Waals surface area contributed by atoms with Gasteiger partial charge in [0.2, 0.25) is 23.8 Å². The lowest BCUT2D eigenvalue weighted by Crippen LogP contribution is -2.43. The first-order valence-electron chi connectivity index (χ1n) is 6.31. The van der Waals surface area contributed by atoms with E-state index in [1.165, 1.54) is 13.0 Å². The van der Waals surface area contributed by atoms with Crippen LogP contribution in [-0.4, -0.2) is 39.0 Å². The van der Waals surface area contributed by atoms with Crippen LogP contribution in [0, 0.1) is 0 Å². The fourth-order valence-corrected chi connectivity index (χ4v) is 1.48. The fourth-order valence-electron chi connectivity index (χ4n) is 1.48. The monoisotopic (exact) mass is 325 g/mol. The van der Waals surface area contributed by atoms with Gasteiger partial charge in [-0.15, -0.1) is 0 Å². The van der Waals surface area contributed by atoms with Gasteiger partial charge in [0.05, 0.1) is 0 Å². The van der Waals surface area contributed by atoms with E-state index in [0.717, 1.165) is 0 Å². The predicted octanol–water partition coefficient (Wildman–Crippen LogP) is -0.520. The van der Waals surface area contributed by atoms with E-state index in [9.17, 15) is 9.59 Å². The maximum Gasteiger partial charge on any atom is 0.243 e. The minimum atomic E-state index is -0.475. The molecular weight excluding hydrogens is 302 g/mol. The molecule has 10 nitrogen and oxygen atoms in total. The molecule has 10 heteroatoms. The molecule has 0 aliphatic heterocycles. The number of carbonyl (C=O) groups is 3. The molecule has 0 radical (unpaired) electrons. The lowest BCUT2D eigenvalue weighted by molar-refractivity contribution is -0.120. The number of nitrogens with zero attached hydrogens (tertiary/aromatic N) is 3. The van der Waals surface area contributed by atoms with Crippen molar-refractivity contribution in [2.24, 2.45) is 0 Å². The van der Waals surface area contributed by atoms with Crippen molar-refractivity contribution in [3.63, 3.8) is 0 Å². The summed E-state index contributed by atoms with van der Waals surface area (Å²) >= 11 is 0. The zero-order valence-corrected chi connectivity index (χ0v) is 13.5. The van der Waals surface area contributed by atoms with Crippen molar-refractivity contribution in [1.29, 1.82) is 0 Å². The number of hydrogen-bond acceptors (Lipinski definition) is 9. The van der Waals surface area contributed by atoms with Gasteiger partial charge in [-0.3, -0.25) is 9.59 Å². The van der Waals surface area contributed by atoms with E-state index in [0.29, 0.717) is 6.42 Å². The van der Waals surface area contributed by atoms with Crippen molar-refractivity contribution in [3.8, 4) is 0 Å². The summed E-state index contributed by atoms with van der Waals surface area (Å²) in [5.74, 6) is -0.0642. The second-order valence-electron chi connectivity index (χ2n) is 4.87. The van der Waals surface area contributed by atoms with Crippen molar-refractivity contribution in [3.05, 3.63) is 12.7 Å². The van der Waals surface area contributed by atoms with Gasteiger partial charge in [-0.25, -0.2) is 0 Å². The SMILES string of the molecule is C=CC(=O)NC(C)(C)CC(C)=O.C=O.Nc1nc(N)nc(N)n1. The minimum Gasteiger partial charge on any atom is -0.368 e. The summed E-state index contributed by atoms with van der Waals surface area (Å²) < 4.78 is 0. The maximum atomic E-state index is 10.9. The van der Waals surface area contributed by atoms with Gasteiger partial charge in [0.15, 0.2) is 0 Å². The zero-order valence-electron chi connectivity index (χ0n) is 13.5. The van der Waals surface area contributed by atoms with Gasteiger partial charge < -0.3 is 27.3 Å². The molecule has 1 aromatic heterocycles. The molecule has 0 saturated carbocycles. The number of amides is 1. The summed E-state index contributed by atoms with van der Waals surface area (Å²) in [6.45, 7) is 10.4. The summed E-state index contributed by atoms with van der Waals surface area (Å²) in [5, 5.41) is 2.66. The van der Waals surface area contributed by atoms with Gasteiger partial charge in [0, 0.05) is 12.0 Å². The molecular formula is C13H23N7O3. The Hall–Kier alpha value is -3.04. The Bertz CT molecular complexity index is 496. The first-order chi connectivity index (χ1) is 10.6. The Morgan fingerprint density at radius 2 is 1.43 bits per heavy atom. The molecule has 7 N–H and O–H groups in total. The summed E-state index contributed by atoms with van der Waals surface area (Å²) in [5.41, 5.74) is 14.9. The fraction of sp³-hybridized carbons (Fsp3) is 0.385. The summed E-state index contributed by atoms with van der Waals surface area (Å²) in [7, 11) is 0. The lowest BCUT2D eigenvalue weighted by Gasteiger charge is -2.23. The number of ketones is 1. The summed E-state index contributed by atoms with van der Waals surface area (Å²) in [6.07, 6.45) is 1.54. The third-order valence-corrected chi connectivity index (χ3v) is 2.03. The van der Waals surface area contributed by atoms with E-state index in [4.69, 9.17) is 22.0 Å². The Kier molecular flexibility index (Phi) is 10.3. The van der Waals surface area contributed by atoms with E-state index in [1.807, 2.05) is 6.79 Å². The first-order valence-corrected chi connectivity index (χ1v) is 6.31. The normalized spacial score (nSPS) is 9.35. The smallest absolute Gasteiger partial charge is 0.243 e. The molecule has 0 atom stereocenters. The topological polar surface area (TPSA) is 180 Å². The van der Waals surface area contributed by atoms with E-state index < -0.39 is 5.54 Å². The number of hydrogen-bond donors (Lipinski definition) is 4.